The highest BCUT2D eigenvalue weighted by molar-refractivity contribution is 7.46. The van der Waals surface area contributed by atoms with Crippen LogP contribution in [0.3, 0.4) is 0 Å². The van der Waals surface area contributed by atoms with Gasteiger partial charge in [0.25, 0.3) is 0 Å². The molecule has 0 aliphatic rings. The van der Waals surface area contributed by atoms with Crippen LogP contribution in [-0.2, 0) is 9.09 Å². The molecule has 4 nitrogen and oxygen atoms in total. The fraction of sp³-hybridized carbons (Fsp3) is 1.00. The van der Waals surface area contributed by atoms with Gasteiger partial charge in [-0.1, -0.05) is 27.7 Å². The van der Waals surface area contributed by atoms with Crippen LogP contribution in [0.25, 0.3) is 0 Å². The number of phosphoric ester groups is 1. The monoisotopic (exact) mass is 238 g/mol. The summed E-state index contributed by atoms with van der Waals surface area (Å²) in [6.07, 6.45) is 0.279. The van der Waals surface area contributed by atoms with Crippen molar-refractivity contribution in [2.45, 2.75) is 47.1 Å². The third-order valence-corrected chi connectivity index (χ3v) is 3.27. The lowest BCUT2D eigenvalue weighted by molar-refractivity contribution is 0.104. The first-order valence-corrected chi connectivity index (χ1v) is 6.90. The van der Waals surface area contributed by atoms with Gasteiger partial charge in [0.2, 0.25) is 0 Å². The van der Waals surface area contributed by atoms with E-state index in [1.54, 1.807) is 6.92 Å². The summed E-state index contributed by atoms with van der Waals surface area (Å²) in [6, 6.07) is 0. The van der Waals surface area contributed by atoms with Gasteiger partial charge >= 0.3 is 7.82 Å². The quantitative estimate of drug-likeness (QED) is 0.698. The van der Waals surface area contributed by atoms with Crippen LogP contribution in [0, 0.1) is 17.8 Å². The van der Waals surface area contributed by atoms with Crippen molar-refractivity contribution in [3.63, 3.8) is 0 Å². The van der Waals surface area contributed by atoms with E-state index in [1.807, 2.05) is 0 Å². The molecule has 0 aromatic heterocycles. The van der Waals surface area contributed by atoms with Gasteiger partial charge in [-0.3, -0.25) is 4.52 Å². The average Bonchev–Trinajstić information content (AvgIpc) is 1.95. The van der Waals surface area contributed by atoms with E-state index < -0.39 is 13.9 Å². The highest BCUT2D eigenvalue weighted by atomic mass is 31.2. The Labute approximate surface area is 92.3 Å². The van der Waals surface area contributed by atoms with Gasteiger partial charge in [0, 0.05) is 0 Å². The summed E-state index contributed by atoms with van der Waals surface area (Å²) in [5.41, 5.74) is 0. The second kappa shape index (κ2) is 6.00. The second-order valence-electron chi connectivity index (χ2n) is 4.79. The first-order chi connectivity index (χ1) is 6.63. The SMILES string of the molecule is CC(CC(C(C)C)C(C)C)OP(=O)(O)O. The molecule has 0 radical (unpaired) electrons. The molecule has 0 bridgehead atoms. The molecule has 0 aromatic carbocycles. The zero-order valence-electron chi connectivity index (χ0n) is 10.2. The summed E-state index contributed by atoms with van der Waals surface area (Å²) in [7, 11) is -4.34. The van der Waals surface area contributed by atoms with E-state index in [0.717, 1.165) is 0 Å². The molecular formula is C10H23O4P. The first-order valence-electron chi connectivity index (χ1n) is 5.37. The van der Waals surface area contributed by atoms with Crippen molar-refractivity contribution in [1.82, 2.24) is 0 Å². The van der Waals surface area contributed by atoms with Gasteiger partial charge in [-0.25, -0.2) is 4.57 Å². The summed E-state index contributed by atoms with van der Waals surface area (Å²) in [4.78, 5) is 17.3. The molecule has 0 saturated carbocycles. The Morgan fingerprint density at radius 2 is 1.47 bits per heavy atom. The van der Waals surface area contributed by atoms with E-state index in [4.69, 9.17) is 9.79 Å². The van der Waals surface area contributed by atoms with Crippen molar-refractivity contribution in [1.29, 1.82) is 0 Å². The lowest BCUT2D eigenvalue weighted by atomic mass is 9.82. The van der Waals surface area contributed by atoms with Gasteiger partial charge in [-0.15, -0.1) is 0 Å². The lowest BCUT2D eigenvalue weighted by Crippen LogP contribution is -2.22. The Hall–Kier alpha value is 0.110. The molecule has 5 heteroatoms. The molecular weight excluding hydrogens is 215 g/mol. The molecule has 92 valence electrons. The Morgan fingerprint density at radius 1 is 1.07 bits per heavy atom. The van der Waals surface area contributed by atoms with Crippen molar-refractivity contribution in [3.8, 4) is 0 Å². The third kappa shape index (κ3) is 7.07. The Bertz CT molecular complexity index is 213. The van der Waals surface area contributed by atoms with E-state index in [1.165, 1.54) is 0 Å². The van der Waals surface area contributed by atoms with Crippen LogP contribution in [0.5, 0.6) is 0 Å². The maximum atomic E-state index is 10.6. The van der Waals surface area contributed by atoms with E-state index in [0.29, 0.717) is 24.2 Å². The molecule has 2 N–H and O–H groups in total. The summed E-state index contributed by atoms with van der Waals surface area (Å²) in [5.74, 6) is 1.41. The molecule has 0 aliphatic carbocycles. The average molecular weight is 238 g/mol. The minimum Gasteiger partial charge on any atom is -0.303 e. The van der Waals surface area contributed by atoms with Crippen LogP contribution in [0.15, 0.2) is 0 Å². The van der Waals surface area contributed by atoms with Gasteiger partial charge in [0.15, 0.2) is 0 Å². The van der Waals surface area contributed by atoms with Crippen LogP contribution in [0.4, 0.5) is 0 Å². The fourth-order valence-electron chi connectivity index (χ4n) is 1.97. The van der Waals surface area contributed by atoms with Crippen molar-refractivity contribution in [2.24, 2.45) is 17.8 Å². The number of hydrogen-bond donors (Lipinski definition) is 2. The standard InChI is InChI=1S/C10H23O4P/c1-7(2)10(8(3)4)6-9(5)14-15(11,12)13/h7-10H,6H2,1-5H3,(H2,11,12,13). The van der Waals surface area contributed by atoms with Crippen LogP contribution in [0.1, 0.15) is 41.0 Å². The number of rotatable bonds is 6. The van der Waals surface area contributed by atoms with Gasteiger partial charge < -0.3 is 9.79 Å². The zero-order valence-corrected chi connectivity index (χ0v) is 11.1. The molecule has 15 heavy (non-hydrogen) atoms. The summed E-state index contributed by atoms with van der Waals surface area (Å²) in [5, 5.41) is 0. The Kier molecular flexibility index (Phi) is 6.04. The maximum absolute atomic E-state index is 10.6. The molecule has 0 heterocycles. The zero-order chi connectivity index (χ0) is 12.2. The van der Waals surface area contributed by atoms with Crippen molar-refractivity contribution in [2.75, 3.05) is 0 Å². The highest BCUT2D eigenvalue weighted by Gasteiger charge is 2.25. The first kappa shape index (κ1) is 15.1. The van der Waals surface area contributed by atoms with Gasteiger partial charge in [0.1, 0.15) is 0 Å². The minimum absolute atomic E-state index is 0.402. The summed E-state index contributed by atoms with van der Waals surface area (Å²) >= 11 is 0. The predicted molar refractivity (Wildman–Crippen MR) is 60.4 cm³/mol. The van der Waals surface area contributed by atoms with Crippen molar-refractivity contribution in [3.05, 3.63) is 0 Å². The third-order valence-electron chi connectivity index (χ3n) is 2.63. The molecule has 0 aliphatic heterocycles. The molecule has 0 saturated heterocycles. The number of hydrogen-bond acceptors (Lipinski definition) is 2. The lowest BCUT2D eigenvalue weighted by Gasteiger charge is -2.27. The second-order valence-corrected chi connectivity index (χ2v) is 5.99. The van der Waals surface area contributed by atoms with Crippen LogP contribution in [0.2, 0.25) is 0 Å². The normalized spacial score (nSPS) is 15.3. The summed E-state index contributed by atoms with van der Waals surface area (Å²) in [6.45, 7) is 10.2. The summed E-state index contributed by atoms with van der Waals surface area (Å²) < 4.78 is 15.3. The van der Waals surface area contributed by atoms with Crippen LogP contribution >= 0.6 is 7.82 Å². The molecule has 0 rings (SSSR count). The molecule has 1 unspecified atom stereocenters. The highest BCUT2D eigenvalue weighted by Crippen LogP contribution is 2.39. The fourth-order valence-corrected chi connectivity index (χ4v) is 2.53. The molecule has 0 aromatic rings. The van der Waals surface area contributed by atoms with Gasteiger partial charge in [0.05, 0.1) is 6.10 Å². The van der Waals surface area contributed by atoms with Crippen molar-refractivity contribution >= 4 is 7.82 Å². The molecule has 0 fully saturated rings. The van der Waals surface area contributed by atoms with Crippen LogP contribution < -0.4 is 0 Å². The molecule has 0 spiro atoms. The predicted octanol–water partition coefficient (Wildman–Crippen LogP) is 2.80. The maximum Gasteiger partial charge on any atom is 0.469 e. The molecule has 1 atom stereocenters. The van der Waals surface area contributed by atoms with E-state index in [-0.39, 0.29) is 0 Å². The smallest absolute Gasteiger partial charge is 0.303 e. The Balaban J connectivity index is 4.24. The van der Waals surface area contributed by atoms with E-state index in [9.17, 15) is 4.57 Å². The molecule has 0 amide bonds. The van der Waals surface area contributed by atoms with E-state index >= 15 is 0 Å². The largest absolute Gasteiger partial charge is 0.469 e. The Morgan fingerprint density at radius 3 is 1.73 bits per heavy atom. The van der Waals surface area contributed by atoms with Gasteiger partial charge in [-0.05, 0) is 31.1 Å². The van der Waals surface area contributed by atoms with Gasteiger partial charge in [-0.2, -0.15) is 0 Å². The number of phosphoric acid groups is 1. The topological polar surface area (TPSA) is 66.8 Å². The van der Waals surface area contributed by atoms with Crippen LogP contribution in [-0.4, -0.2) is 15.9 Å². The minimum atomic E-state index is -4.34. The van der Waals surface area contributed by atoms with E-state index in [2.05, 4.69) is 32.2 Å². The van der Waals surface area contributed by atoms with Crippen molar-refractivity contribution < 1.29 is 18.9 Å².